The number of rotatable bonds is 3. The summed E-state index contributed by atoms with van der Waals surface area (Å²) in [6.07, 6.45) is 0. The van der Waals surface area contributed by atoms with Crippen LogP contribution in [0.4, 0.5) is 11.6 Å². The van der Waals surface area contributed by atoms with Gasteiger partial charge < -0.3 is 16.0 Å². The third-order valence-electron chi connectivity index (χ3n) is 2.07. The van der Waals surface area contributed by atoms with E-state index in [0.717, 1.165) is 11.8 Å². The number of aromatic amines is 1. The number of nitrogens with two attached hydrogens (primary N) is 1. The Bertz CT molecular complexity index is 675. The predicted octanol–water partition coefficient (Wildman–Crippen LogP) is 2.25. The van der Waals surface area contributed by atoms with E-state index < -0.39 is 0 Å². The third-order valence-corrected chi connectivity index (χ3v) is 3.65. The zero-order chi connectivity index (χ0) is 14.0. The molecule has 0 aliphatic heterocycles. The van der Waals surface area contributed by atoms with Crippen molar-refractivity contribution >= 4 is 46.6 Å². The Morgan fingerprint density at radius 1 is 1.32 bits per heavy atom. The molecule has 0 radical (unpaired) electrons. The second-order valence-electron chi connectivity index (χ2n) is 3.43. The summed E-state index contributed by atoms with van der Waals surface area (Å²) < 4.78 is 0. The molecule has 2 heterocycles. The van der Waals surface area contributed by atoms with Crippen LogP contribution in [-0.2, 0) is 0 Å². The number of aromatic nitrogens is 3. The minimum atomic E-state index is -0.339. The molecule has 9 heteroatoms. The Hall–Kier alpha value is -1.44. The van der Waals surface area contributed by atoms with E-state index in [1.54, 1.807) is 13.1 Å². The molecule has 0 saturated carbocycles. The highest BCUT2D eigenvalue weighted by Gasteiger charge is 2.11. The average Bonchev–Trinajstić information content (AvgIpc) is 2.31. The Labute approximate surface area is 122 Å². The minimum Gasteiger partial charge on any atom is -0.383 e. The molecule has 0 aliphatic rings. The van der Waals surface area contributed by atoms with Crippen molar-refractivity contribution in [2.24, 2.45) is 0 Å². The highest BCUT2D eigenvalue weighted by Crippen LogP contribution is 2.34. The lowest BCUT2D eigenvalue weighted by Gasteiger charge is -2.07. The lowest BCUT2D eigenvalue weighted by atomic mass is 10.4. The van der Waals surface area contributed by atoms with Crippen molar-refractivity contribution in [1.82, 2.24) is 15.0 Å². The van der Waals surface area contributed by atoms with Crippen molar-refractivity contribution in [2.75, 3.05) is 18.1 Å². The molecular weight excluding hydrogens is 309 g/mol. The predicted molar refractivity (Wildman–Crippen MR) is 77.2 cm³/mol. The van der Waals surface area contributed by atoms with Crippen molar-refractivity contribution < 1.29 is 0 Å². The first kappa shape index (κ1) is 14.0. The fourth-order valence-corrected chi connectivity index (χ4v) is 2.64. The van der Waals surface area contributed by atoms with Gasteiger partial charge in [-0.2, -0.15) is 0 Å². The van der Waals surface area contributed by atoms with Crippen molar-refractivity contribution in [2.45, 2.75) is 10.2 Å². The van der Waals surface area contributed by atoms with Gasteiger partial charge in [0.05, 0.1) is 10.0 Å². The maximum atomic E-state index is 11.3. The maximum absolute atomic E-state index is 11.3. The van der Waals surface area contributed by atoms with E-state index in [-0.39, 0.29) is 11.4 Å². The molecule has 0 fully saturated rings. The molecule has 100 valence electrons. The average molecular weight is 318 g/mol. The molecular formula is C10H9Cl2N5OS. The van der Waals surface area contributed by atoms with Gasteiger partial charge in [-0.1, -0.05) is 23.2 Å². The number of nitrogens with zero attached hydrogens (tertiary/aromatic N) is 2. The van der Waals surface area contributed by atoms with Crippen LogP contribution in [0.2, 0.25) is 10.0 Å². The SMILES string of the molecule is CNc1nc(Sc2nc(N)cc(=O)[nH]2)c(Cl)cc1Cl. The van der Waals surface area contributed by atoms with Crippen LogP contribution in [0.25, 0.3) is 0 Å². The number of nitrogen functional groups attached to an aromatic ring is 1. The summed E-state index contributed by atoms with van der Waals surface area (Å²) in [6, 6.07) is 2.76. The fourth-order valence-electron chi connectivity index (χ4n) is 1.29. The molecule has 2 rings (SSSR count). The van der Waals surface area contributed by atoms with Crippen LogP contribution in [0.3, 0.4) is 0 Å². The van der Waals surface area contributed by atoms with Crippen molar-refractivity contribution in [1.29, 1.82) is 0 Å². The van der Waals surface area contributed by atoms with Crippen LogP contribution in [0, 0.1) is 0 Å². The highest BCUT2D eigenvalue weighted by atomic mass is 35.5. The zero-order valence-corrected chi connectivity index (χ0v) is 12.0. The first-order valence-corrected chi connectivity index (χ1v) is 6.65. The molecule has 0 unspecified atom stereocenters. The molecule has 0 saturated heterocycles. The maximum Gasteiger partial charge on any atom is 0.253 e. The standard InChI is InChI=1S/C10H9Cl2N5OS/c1-14-8-4(11)2-5(12)9(17-8)19-10-15-6(13)3-7(18)16-10/h2-3H,1H3,(H,14,17)(H3,13,15,16,18). The summed E-state index contributed by atoms with van der Waals surface area (Å²) in [6.45, 7) is 0. The van der Waals surface area contributed by atoms with Crippen LogP contribution in [-0.4, -0.2) is 22.0 Å². The first-order valence-electron chi connectivity index (χ1n) is 5.08. The molecule has 19 heavy (non-hydrogen) atoms. The van der Waals surface area contributed by atoms with Gasteiger partial charge in [0.25, 0.3) is 5.56 Å². The first-order chi connectivity index (χ1) is 8.99. The summed E-state index contributed by atoms with van der Waals surface area (Å²) in [7, 11) is 1.69. The van der Waals surface area contributed by atoms with Gasteiger partial charge in [0, 0.05) is 13.1 Å². The smallest absolute Gasteiger partial charge is 0.253 e. The Kier molecular flexibility index (Phi) is 4.18. The number of H-pyrrole nitrogens is 1. The van der Waals surface area contributed by atoms with E-state index in [1.807, 2.05) is 0 Å². The number of nitrogens with one attached hydrogen (secondary N) is 2. The van der Waals surface area contributed by atoms with Gasteiger partial charge in [-0.3, -0.25) is 4.79 Å². The van der Waals surface area contributed by atoms with Gasteiger partial charge in [-0.15, -0.1) is 0 Å². The van der Waals surface area contributed by atoms with Gasteiger partial charge >= 0.3 is 0 Å². The number of anilines is 2. The fraction of sp³-hybridized carbons (Fsp3) is 0.100. The topological polar surface area (TPSA) is 96.7 Å². The molecule has 2 aromatic heterocycles. The molecule has 4 N–H and O–H groups in total. The normalized spacial score (nSPS) is 10.5. The van der Waals surface area contributed by atoms with Crippen molar-refractivity contribution in [3.05, 3.63) is 32.5 Å². The van der Waals surface area contributed by atoms with Gasteiger partial charge in [0.1, 0.15) is 16.7 Å². The van der Waals surface area contributed by atoms with Gasteiger partial charge in [0.2, 0.25) is 0 Å². The minimum absolute atomic E-state index is 0.130. The van der Waals surface area contributed by atoms with Crippen LogP contribution >= 0.6 is 35.0 Å². The van der Waals surface area contributed by atoms with E-state index in [4.69, 9.17) is 28.9 Å². The molecule has 2 aromatic rings. The molecule has 6 nitrogen and oxygen atoms in total. The Morgan fingerprint density at radius 3 is 2.68 bits per heavy atom. The molecule has 0 amide bonds. The summed E-state index contributed by atoms with van der Waals surface area (Å²) in [4.78, 5) is 22.0. The van der Waals surface area contributed by atoms with Crippen LogP contribution < -0.4 is 16.6 Å². The van der Waals surface area contributed by atoms with Gasteiger partial charge in [-0.25, -0.2) is 9.97 Å². The Morgan fingerprint density at radius 2 is 2.05 bits per heavy atom. The largest absolute Gasteiger partial charge is 0.383 e. The molecule has 0 spiro atoms. The Balaban J connectivity index is 2.40. The zero-order valence-electron chi connectivity index (χ0n) is 9.70. The lowest BCUT2D eigenvalue weighted by Crippen LogP contribution is -2.09. The van der Waals surface area contributed by atoms with Gasteiger partial charge in [-0.05, 0) is 17.8 Å². The monoisotopic (exact) mass is 317 g/mol. The molecule has 0 atom stereocenters. The lowest BCUT2D eigenvalue weighted by molar-refractivity contribution is 0.940. The molecule has 0 aliphatic carbocycles. The third kappa shape index (κ3) is 3.31. The van der Waals surface area contributed by atoms with Gasteiger partial charge in [0.15, 0.2) is 5.16 Å². The summed E-state index contributed by atoms with van der Waals surface area (Å²) >= 11 is 13.1. The van der Waals surface area contributed by atoms with Crippen LogP contribution in [0.15, 0.2) is 27.1 Å². The van der Waals surface area contributed by atoms with E-state index >= 15 is 0 Å². The number of hydrogen-bond acceptors (Lipinski definition) is 6. The van der Waals surface area contributed by atoms with Crippen LogP contribution in [0.1, 0.15) is 0 Å². The van der Waals surface area contributed by atoms with E-state index in [1.165, 1.54) is 6.07 Å². The van der Waals surface area contributed by atoms with Crippen molar-refractivity contribution in [3.63, 3.8) is 0 Å². The summed E-state index contributed by atoms with van der Waals surface area (Å²) in [5, 5.41) is 4.38. The second-order valence-corrected chi connectivity index (χ2v) is 5.23. The van der Waals surface area contributed by atoms with Crippen LogP contribution in [0.5, 0.6) is 0 Å². The molecule has 0 bridgehead atoms. The van der Waals surface area contributed by atoms with E-state index in [9.17, 15) is 4.79 Å². The van der Waals surface area contributed by atoms with E-state index in [0.29, 0.717) is 26.0 Å². The molecule has 0 aromatic carbocycles. The quantitative estimate of drug-likeness (QED) is 0.751. The number of halogens is 2. The van der Waals surface area contributed by atoms with Crippen molar-refractivity contribution in [3.8, 4) is 0 Å². The number of pyridine rings is 1. The number of hydrogen-bond donors (Lipinski definition) is 3. The second kappa shape index (κ2) is 5.68. The highest BCUT2D eigenvalue weighted by molar-refractivity contribution is 7.99. The summed E-state index contributed by atoms with van der Waals surface area (Å²) in [5.74, 6) is 0.616. The summed E-state index contributed by atoms with van der Waals surface area (Å²) in [5.41, 5.74) is 5.16. The van der Waals surface area contributed by atoms with E-state index in [2.05, 4.69) is 20.3 Å².